The lowest BCUT2D eigenvalue weighted by atomic mass is 9.90. The van der Waals surface area contributed by atoms with Crippen LogP contribution in [0.15, 0.2) is 78.9 Å². The number of hydrogen-bond donors (Lipinski definition) is 1. The second kappa shape index (κ2) is 13.3. The van der Waals surface area contributed by atoms with E-state index in [9.17, 15) is 22.4 Å². The van der Waals surface area contributed by atoms with Crippen LogP contribution in [0.5, 0.6) is 11.5 Å². The van der Waals surface area contributed by atoms with Crippen molar-refractivity contribution in [2.24, 2.45) is 0 Å². The van der Waals surface area contributed by atoms with Crippen molar-refractivity contribution in [2.75, 3.05) is 20.2 Å². The van der Waals surface area contributed by atoms with Crippen LogP contribution in [0.2, 0.25) is 5.02 Å². The van der Waals surface area contributed by atoms with Crippen LogP contribution >= 0.6 is 11.6 Å². The Kier molecular flexibility index (Phi) is 9.20. The van der Waals surface area contributed by atoms with Crippen LogP contribution in [0.4, 0.5) is 17.6 Å². The van der Waals surface area contributed by atoms with Crippen molar-refractivity contribution in [3.63, 3.8) is 0 Å². The third kappa shape index (κ3) is 7.29. The van der Waals surface area contributed by atoms with Gasteiger partial charge >= 0.3 is 6.18 Å². The van der Waals surface area contributed by atoms with E-state index in [0.717, 1.165) is 37.4 Å². The van der Waals surface area contributed by atoms with Gasteiger partial charge in [-0.2, -0.15) is 13.2 Å². The Hall–Kier alpha value is -4.15. The van der Waals surface area contributed by atoms with E-state index in [1.165, 1.54) is 37.4 Å². The molecule has 1 aliphatic carbocycles. The van der Waals surface area contributed by atoms with Gasteiger partial charge in [-0.05, 0) is 78.9 Å². The van der Waals surface area contributed by atoms with Crippen molar-refractivity contribution in [3.05, 3.63) is 112 Å². The van der Waals surface area contributed by atoms with Gasteiger partial charge in [0.1, 0.15) is 11.7 Å². The predicted molar refractivity (Wildman–Crippen MR) is 167 cm³/mol. The fourth-order valence-corrected chi connectivity index (χ4v) is 5.71. The second-order valence-corrected chi connectivity index (χ2v) is 12.0. The van der Waals surface area contributed by atoms with E-state index in [2.05, 4.69) is 15.2 Å². The number of likely N-dealkylation sites (tertiary alicyclic amines) is 1. The number of aromatic nitrogens is 1. The minimum Gasteiger partial charge on any atom is -0.493 e. The van der Waals surface area contributed by atoms with Crippen molar-refractivity contribution in [3.8, 4) is 22.8 Å². The summed E-state index contributed by atoms with van der Waals surface area (Å²) in [6.45, 7) is 0.665. The maximum atomic E-state index is 14.7. The molecule has 1 N–H and O–H groups in total. The van der Waals surface area contributed by atoms with Crippen molar-refractivity contribution in [2.45, 2.75) is 50.0 Å². The Bertz CT molecular complexity index is 1720. The molecule has 4 aromatic rings. The number of nitrogens with one attached hydrogen (secondary N) is 1. The first-order chi connectivity index (χ1) is 22.1. The highest BCUT2D eigenvalue weighted by atomic mass is 35.5. The molecule has 1 amide bonds. The molecule has 2 unspecified atom stereocenters. The maximum Gasteiger partial charge on any atom is 0.398 e. The fourth-order valence-electron chi connectivity index (χ4n) is 5.53. The SMILES string of the molecule is COc1cc(C(=O)NCC(c2cc(C3CCN3Cc3ccccc3)cc(-c3ccc(F)c(Cl)c3)n2)C(F)(F)F)ccc1OC1CC1. The lowest BCUT2D eigenvalue weighted by Crippen LogP contribution is -2.40. The van der Waals surface area contributed by atoms with Gasteiger partial charge in [-0.15, -0.1) is 0 Å². The summed E-state index contributed by atoms with van der Waals surface area (Å²) < 4.78 is 69.2. The molecule has 3 aromatic carbocycles. The number of amides is 1. The van der Waals surface area contributed by atoms with Gasteiger partial charge in [0.2, 0.25) is 0 Å². The quantitative estimate of drug-likeness (QED) is 0.166. The van der Waals surface area contributed by atoms with Gasteiger partial charge in [0, 0.05) is 36.8 Å². The van der Waals surface area contributed by atoms with E-state index < -0.39 is 30.4 Å². The number of ether oxygens (including phenoxy) is 2. The van der Waals surface area contributed by atoms with Gasteiger partial charge in [0.15, 0.2) is 11.5 Å². The summed E-state index contributed by atoms with van der Waals surface area (Å²) in [6, 6.07) is 21.3. The number of benzene rings is 3. The summed E-state index contributed by atoms with van der Waals surface area (Å²) in [5, 5.41) is 2.28. The number of carbonyl (C=O) groups excluding carboxylic acids is 1. The maximum absolute atomic E-state index is 14.7. The molecule has 6 nitrogen and oxygen atoms in total. The molecule has 1 saturated carbocycles. The smallest absolute Gasteiger partial charge is 0.398 e. The van der Waals surface area contributed by atoms with Crippen LogP contribution in [0, 0.1) is 5.82 Å². The Morgan fingerprint density at radius 3 is 2.46 bits per heavy atom. The third-order valence-electron chi connectivity index (χ3n) is 8.29. The molecule has 11 heteroatoms. The van der Waals surface area contributed by atoms with Gasteiger partial charge in [0.25, 0.3) is 5.91 Å². The van der Waals surface area contributed by atoms with E-state index in [-0.39, 0.29) is 34.1 Å². The summed E-state index contributed by atoms with van der Waals surface area (Å²) in [4.78, 5) is 19.7. The zero-order chi connectivity index (χ0) is 32.4. The number of pyridine rings is 1. The average Bonchev–Trinajstić information content (AvgIpc) is 3.85. The van der Waals surface area contributed by atoms with Crippen molar-refractivity contribution in [1.82, 2.24) is 15.2 Å². The number of halogens is 5. The molecule has 6 rings (SSSR count). The third-order valence-corrected chi connectivity index (χ3v) is 8.58. The molecule has 1 saturated heterocycles. The predicted octanol–water partition coefficient (Wildman–Crippen LogP) is 8.11. The number of alkyl halides is 3. The largest absolute Gasteiger partial charge is 0.493 e. The summed E-state index contributed by atoms with van der Waals surface area (Å²) >= 11 is 6.04. The molecule has 2 heterocycles. The highest BCUT2D eigenvalue weighted by Crippen LogP contribution is 2.41. The van der Waals surface area contributed by atoms with E-state index in [1.54, 1.807) is 12.1 Å². The molecular formula is C35H32ClF4N3O3. The topological polar surface area (TPSA) is 63.7 Å². The lowest BCUT2D eigenvalue weighted by Gasteiger charge is -2.42. The monoisotopic (exact) mass is 653 g/mol. The fraction of sp³-hybridized carbons (Fsp3) is 0.314. The molecule has 1 aromatic heterocycles. The molecule has 0 radical (unpaired) electrons. The molecule has 2 atom stereocenters. The lowest BCUT2D eigenvalue weighted by molar-refractivity contribution is -0.149. The van der Waals surface area contributed by atoms with Gasteiger partial charge in [-0.1, -0.05) is 41.9 Å². The number of carbonyl (C=O) groups is 1. The van der Waals surface area contributed by atoms with Crippen LogP contribution < -0.4 is 14.8 Å². The normalized spacial score (nSPS) is 17.2. The molecule has 46 heavy (non-hydrogen) atoms. The van der Waals surface area contributed by atoms with Crippen LogP contribution in [-0.2, 0) is 6.54 Å². The average molecular weight is 654 g/mol. The Morgan fingerprint density at radius 1 is 1.02 bits per heavy atom. The van der Waals surface area contributed by atoms with Crippen LogP contribution in [0.1, 0.15) is 58.4 Å². The highest BCUT2D eigenvalue weighted by Gasteiger charge is 2.43. The minimum absolute atomic E-state index is 0.102. The molecule has 1 aliphatic heterocycles. The number of nitrogens with zero attached hydrogens (tertiary/aromatic N) is 2. The van der Waals surface area contributed by atoms with E-state index in [4.69, 9.17) is 21.1 Å². The Balaban J connectivity index is 1.29. The molecule has 240 valence electrons. The number of rotatable bonds is 11. The molecule has 0 spiro atoms. The first-order valence-corrected chi connectivity index (χ1v) is 15.4. The van der Waals surface area contributed by atoms with Crippen molar-refractivity contribution < 1.29 is 31.8 Å². The summed E-state index contributed by atoms with van der Waals surface area (Å²) in [6.07, 6.45) is -2.03. The summed E-state index contributed by atoms with van der Waals surface area (Å²) in [5.74, 6) is -2.66. The molecule has 2 fully saturated rings. The zero-order valence-electron chi connectivity index (χ0n) is 25.0. The standard InChI is InChI=1S/C35H32ClF4N3O3/c1-45-33-18-23(8-12-32(33)46-25-9-10-25)34(44)41-19-26(35(38,39)40)30-17-24(16-29(42-30)22-7-11-28(37)27(36)15-22)31-13-14-43(31)20-21-5-3-2-4-6-21/h2-8,11-12,15-18,25-26,31H,9-10,13-14,19-20H2,1H3,(H,41,44). The van der Waals surface area contributed by atoms with Crippen LogP contribution in [-0.4, -0.2) is 48.3 Å². The van der Waals surface area contributed by atoms with Gasteiger partial charge < -0.3 is 14.8 Å². The van der Waals surface area contributed by atoms with Crippen molar-refractivity contribution in [1.29, 1.82) is 0 Å². The first kappa shape index (κ1) is 31.8. The molecule has 0 bridgehead atoms. The van der Waals surface area contributed by atoms with E-state index >= 15 is 0 Å². The van der Waals surface area contributed by atoms with Crippen LogP contribution in [0.3, 0.4) is 0 Å². The van der Waals surface area contributed by atoms with E-state index in [1.807, 2.05) is 30.3 Å². The number of methoxy groups -OCH3 is 1. The zero-order valence-corrected chi connectivity index (χ0v) is 25.7. The van der Waals surface area contributed by atoms with Gasteiger partial charge in [-0.25, -0.2) is 4.39 Å². The van der Waals surface area contributed by atoms with Crippen LogP contribution in [0.25, 0.3) is 11.3 Å². The summed E-state index contributed by atoms with van der Waals surface area (Å²) in [5.41, 5.74) is 2.24. The highest BCUT2D eigenvalue weighted by molar-refractivity contribution is 6.31. The summed E-state index contributed by atoms with van der Waals surface area (Å²) in [7, 11) is 1.43. The van der Waals surface area contributed by atoms with Gasteiger partial charge in [-0.3, -0.25) is 14.7 Å². The van der Waals surface area contributed by atoms with Gasteiger partial charge in [0.05, 0.1) is 29.6 Å². The Labute approximate surface area is 269 Å². The van der Waals surface area contributed by atoms with Crippen molar-refractivity contribution >= 4 is 17.5 Å². The number of hydrogen-bond acceptors (Lipinski definition) is 5. The molecular weight excluding hydrogens is 622 g/mol. The first-order valence-electron chi connectivity index (χ1n) is 15.0. The Morgan fingerprint density at radius 2 is 1.80 bits per heavy atom. The van der Waals surface area contributed by atoms with E-state index in [0.29, 0.717) is 29.2 Å². The second-order valence-electron chi connectivity index (χ2n) is 11.6. The minimum atomic E-state index is -4.74. The molecule has 2 aliphatic rings.